The summed E-state index contributed by atoms with van der Waals surface area (Å²) >= 11 is 1.79. The molecule has 2 heterocycles. The molecular weight excluding hydrogens is 532 g/mol. The van der Waals surface area contributed by atoms with Gasteiger partial charge in [0.2, 0.25) is 0 Å². The van der Waals surface area contributed by atoms with Gasteiger partial charge in [-0.3, -0.25) is 4.99 Å². The highest BCUT2D eigenvalue weighted by atomic mass is 127. The summed E-state index contributed by atoms with van der Waals surface area (Å²) in [6, 6.07) is -0.129. The van der Waals surface area contributed by atoms with Gasteiger partial charge in [0.25, 0.3) is 0 Å². The number of halogens is 4. The Hall–Kier alpha value is 0.01000. The first-order valence-electron chi connectivity index (χ1n) is 8.80. The highest BCUT2D eigenvalue weighted by molar-refractivity contribution is 14.0. The number of sulfonamides is 1. The number of aliphatic imine (C=N–C) groups is 1. The van der Waals surface area contributed by atoms with Gasteiger partial charge in [-0.25, -0.2) is 8.42 Å². The average Bonchev–Trinajstić information content (AvgIpc) is 2.65. The van der Waals surface area contributed by atoms with E-state index < -0.39 is 15.5 Å². The second-order valence-electron chi connectivity index (χ2n) is 6.69. The first-order chi connectivity index (χ1) is 12.6. The minimum Gasteiger partial charge on any atom is -0.381 e. The van der Waals surface area contributed by atoms with Gasteiger partial charge in [0.15, 0.2) is 5.96 Å². The summed E-state index contributed by atoms with van der Waals surface area (Å²) in [4.78, 5) is 4.18. The number of guanidine groups is 1. The van der Waals surface area contributed by atoms with E-state index in [0.29, 0.717) is 16.8 Å². The molecule has 2 aliphatic heterocycles. The van der Waals surface area contributed by atoms with E-state index in [-0.39, 0.29) is 60.7 Å². The first kappa shape index (κ1) is 26.0. The maximum Gasteiger partial charge on any atom is 0.511 e. The zero-order chi connectivity index (χ0) is 20.1. The van der Waals surface area contributed by atoms with Crippen molar-refractivity contribution in [3.63, 3.8) is 0 Å². The van der Waals surface area contributed by atoms with Gasteiger partial charge < -0.3 is 15.4 Å². The van der Waals surface area contributed by atoms with Crippen LogP contribution >= 0.6 is 35.7 Å². The van der Waals surface area contributed by atoms with Crippen molar-refractivity contribution < 1.29 is 26.3 Å². The number of piperidine rings is 1. The van der Waals surface area contributed by atoms with E-state index in [2.05, 4.69) is 21.9 Å². The molecule has 2 fully saturated rings. The van der Waals surface area contributed by atoms with E-state index >= 15 is 0 Å². The van der Waals surface area contributed by atoms with Crippen molar-refractivity contribution in [2.45, 2.75) is 42.0 Å². The third-order valence-corrected chi connectivity index (χ3v) is 8.11. The number of hydrogen-bond donors (Lipinski definition) is 2. The molecule has 0 spiro atoms. The molecule has 7 nitrogen and oxygen atoms in total. The molecule has 28 heavy (non-hydrogen) atoms. The molecule has 2 saturated heterocycles. The number of alkyl halides is 3. The number of thioether (sulfide) groups is 1. The molecule has 0 aromatic heterocycles. The van der Waals surface area contributed by atoms with E-state index in [4.69, 9.17) is 4.74 Å². The summed E-state index contributed by atoms with van der Waals surface area (Å²) in [6.07, 6.45) is 4.52. The summed E-state index contributed by atoms with van der Waals surface area (Å²) in [6.45, 7) is 1.82. The van der Waals surface area contributed by atoms with Crippen LogP contribution < -0.4 is 10.6 Å². The van der Waals surface area contributed by atoms with Crippen molar-refractivity contribution >= 4 is 51.7 Å². The summed E-state index contributed by atoms with van der Waals surface area (Å²) in [7, 11) is -3.61. The fourth-order valence-electron chi connectivity index (χ4n) is 3.22. The quantitative estimate of drug-likeness (QED) is 0.304. The number of nitrogens with zero attached hydrogens (tertiary/aromatic N) is 2. The molecule has 0 aromatic carbocycles. The van der Waals surface area contributed by atoms with Crippen molar-refractivity contribution in [1.29, 1.82) is 0 Å². The Kier molecular flexibility index (Phi) is 10.1. The molecule has 0 bridgehead atoms. The van der Waals surface area contributed by atoms with Crippen LogP contribution in [0.4, 0.5) is 13.2 Å². The Balaban J connectivity index is 0.00000392. The summed E-state index contributed by atoms with van der Waals surface area (Å²) in [5.74, 6) is 0.576. The maximum absolute atomic E-state index is 12.6. The van der Waals surface area contributed by atoms with Crippen LogP contribution in [0, 0.1) is 0 Å². The van der Waals surface area contributed by atoms with Gasteiger partial charge in [0.05, 0.1) is 0 Å². The highest BCUT2D eigenvalue weighted by Gasteiger charge is 2.50. The molecule has 2 N–H and O–H groups in total. The largest absolute Gasteiger partial charge is 0.511 e. The van der Waals surface area contributed by atoms with Crippen LogP contribution in [-0.4, -0.2) is 81.1 Å². The number of ether oxygens (including phenoxy) is 1. The van der Waals surface area contributed by atoms with Crippen molar-refractivity contribution in [3.8, 4) is 0 Å². The lowest BCUT2D eigenvalue weighted by molar-refractivity contribution is -0.0494. The van der Waals surface area contributed by atoms with Crippen LogP contribution in [0.25, 0.3) is 0 Å². The van der Waals surface area contributed by atoms with E-state index in [1.807, 2.05) is 0 Å². The lowest BCUT2D eigenvalue weighted by atomic mass is 9.99. The molecule has 166 valence electrons. The van der Waals surface area contributed by atoms with Crippen LogP contribution in [0.15, 0.2) is 4.99 Å². The maximum atomic E-state index is 12.6. The van der Waals surface area contributed by atoms with Crippen LogP contribution in [-0.2, 0) is 14.8 Å². The van der Waals surface area contributed by atoms with Crippen molar-refractivity contribution in [2.24, 2.45) is 4.99 Å². The molecule has 2 aliphatic rings. The topological polar surface area (TPSA) is 83.0 Å². The molecule has 0 radical (unpaired) electrons. The van der Waals surface area contributed by atoms with Gasteiger partial charge in [0.1, 0.15) is 0 Å². The second-order valence-corrected chi connectivity index (χ2v) is 9.90. The standard InChI is InChI=1S/C15H27F3N4O3S2.HI/c1-19-13(20-11-14(26-2)5-9-25-10-6-14)21-12-3-7-22(8-4-12)27(23,24)15(16,17)18;/h12H,3-11H2,1-2H3,(H2,19,20,21);1H. The Morgan fingerprint density at radius 1 is 1.29 bits per heavy atom. The number of hydrogen-bond acceptors (Lipinski definition) is 5. The SMILES string of the molecule is CN=C(NCC1(SC)CCOCC1)NC1CCN(S(=O)(=O)C(F)(F)F)CC1.I. The van der Waals surface area contributed by atoms with Gasteiger partial charge in [-0.1, -0.05) is 0 Å². The Morgan fingerprint density at radius 3 is 2.32 bits per heavy atom. The van der Waals surface area contributed by atoms with Crippen LogP contribution in [0.2, 0.25) is 0 Å². The van der Waals surface area contributed by atoms with Crippen LogP contribution in [0.1, 0.15) is 25.7 Å². The lowest BCUT2D eigenvalue weighted by Crippen LogP contribution is -2.53. The molecule has 0 amide bonds. The fourth-order valence-corrected chi connectivity index (χ4v) is 4.99. The Bertz CT molecular complexity index is 621. The third kappa shape index (κ3) is 6.51. The van der Waals surface area contributed by atoms with Gasteiger partial charge in [-0.15, -0.1) is 24.0 Å². The van der Waals surface area contributed by atoms with E-state index in [0.717, 1.165) is 26.1 Å². The normalized spacial score (nSPS) is 22.4. The molecule has 0 unspecified atom stereocenters. The third-order valence-electron chi connectivity index (χ3n) is 5.07. The zero-order valence-electron chi connectivity index (χ0n) is 15.9. The first-order valence-corrected chi connectivity index (χ1v) is 11.5. The average molecular weight is 560 g/mol. The Morgan fingerprint density at radius 2 is 1.86 bits per heavy atom. The van der Waals surface area contributed by atoms with Crippen LogP contribution in [0.3, 0.4) is 0 Å². The van der Waals surface area contributed by atoms with Crippen LogP contribution in [0.5, 0.6) is 0 Å². The smallest absolute Gasteiger partial charge is 0.381 e. The van der Waals surface area contributed by atoms with E-state index in [9.17, 15) is 21.6 Å². The molecule has 2 rings (SSSR count). The minimum atomic E-state index is -5.25. The fraction of sp³-hybridized carbons (Fsp3) is 0.933. The van der Waals surface area contributed by atoms with E-state index in [1.165, 1.54) is 0 Å². The number of nitrogens with one attached hydrogen (secondary N) is 2. The molecule has 0 aliphatic carbocycles. The molecule has 13 heteroatoms. The molecule has 0 aromatic rings. The predicted octanol–water partition coefficient (Wildman–Crippen LogP) is 2.00. The van der Waals surface area contributed by atoms with Gasteiger partial charge >= 0.3 is 15.5 Å². The molecular formula is C15H28F3IN4O3S2. The van der Waals surface area contributed by atoms with E-state index in [1.54, 1.807) is 18.8 Å². The zero-order valence-corrected chi connectivity index (χ0v) is 19.9. The summed E-state index contributed by atoms with van der Waals surface area (Å²) in [5, 5.41) is 6.49. The van der Waals surface area contributed by atoms with Gasteiger partial charge in [0, 0.05) is 50.7 Å². The molecule has 0 saturated carbocycles. The van der Waals surface area contributed by atoms with Gasteiger partial charge in [-0.2, -0.15) is 29.2 Å². The van der Waals surface area contributed by atoms with Crippen molar-refractivity contribution in [2.75, 3.05) is 46.2 Å². The Labute approximate surface area is 185 Å². The van der Waals surface area contributed by atoms with Gasteiger partial charge in [-0.05, 0) is 31.9 Å². The monoisotopic (exact) mass is 560 g/mol. The predicted molar refractivity (Wildman–Crippen MR) is 116 cm³/mol. The highest BCUT2D eigenvalue weighted by Crippen LogP contribution is 2.33. The number of rotatable bonds is 5. The minimum absolute atomic E-state index is 0. The molecule has 0 atom stereocenters. The van der Waals surface area contributed by atoms with Crippen molar-refractivity contribution in [1.82, 2.24) is 14.9 Å². The lowest BCUT2D eigenvalue weighted by Gasteiger charge is -2.37. The second kappa shape index (κ2) is 10.9. The van der Waals surface area contributed by atoms with Crippen molar-refractivity contribution in [3.05, 3.63) is 0 Å². The summed E-state index contributed by atoms with van der Waals surface area (Å²) in [5.41, 5.74) is -5.25. The summed E-state index contributed by atoms with van der Waals surface area (Å²) < 4.78 is 66.9.